The summed E-state index contributed by atoms with van der Waals surface area (Å²) < 4.78 is 12.1. The fraction of sp³-hybridized carbons (Fsp3) is 0.120. The number of hydrogen-bond acceptors (Lipinski definition) is 5. The molecule has 0 aliphatic heterocycles. The van der Waals surface area contributed by atoms with E-state index in [1.54, 1.807) is 25.3 Å². The van der Waals surface area contributed by atoms with Crippen LogP contribution >= 0.6 is 34.5 Å². The average molecular weight is 484 g/mol. The molecule has 0 saturated carbocycles. The average Bonchev–Trinajstić information content (AvgIpc) is 3.17. The zero-order valence-electron chi connectivity index (χ0n) is 17.2. The van der Waals surface area contributed by atoms with E-state index >= 15 is 0 Å². The van der Waals surface area contributed by atoms with Gasteiger partial charge >= 0.3 is 5.97 Å². The molecule has 0 saturated heterocycles. The number of thiophene rings is 1. The van der Waals surface area contributed by atoms with Crippen molar-refractivity contribution < 1.29 is 14.3 Å². The summed E-state index contributed by atoms with van der Waals surface area (Å²) in [6.07, 6.45) is 1.72. The molecule has 3 aromatic carbocycles. The molecule has 4 rings (SSSR count). The number of rotatable bonds is 7. The van der Waals surface area contributed by atoms with E-state index in [-0.39, 0.29) is 5.97 Å². The van der Waals surface area contributed by atoms with Crippen molar-refractivity contribution in [1.82, 2.24) is 0 Å². The third-order valence-electron chi connectivity index (χ3n) is 4.63. The van der Waals surface area contributed by atoms with Gasteiger partial charge in [-0.1, -0.05) is 59.6 Å². The second kappa shape index (κ2) is 10.2. The summed E-state index contributed by atoms with van der Waals surface area (Å²) in [5.41, 5.74) is 2.27. The summed E-state index contributed by atoms with van der Waals surface area (Å²) in [5, 5.41) is 2.47. The topological polar surface area (TPSA) is 47.9 Å². The van der Waals surface area contributed by atoms with Gasteiger partial charge in [0.15, 0.2) is 0 Å². The van der Waals surface area contributed by atoms with E-state index in [1.165, 1.54) is 11.3 Å². The van der Waals surface area contributed by atoms with Crippen LogP contribution in [-0.2, 0) is 11.3 Å². The van der Waals surface area contributed by atoms with Crippen molar-refractivity contribution in [1.29, 1.82) is 0 Å². The maximum atomic E-state index is 12.5. The van der Waals surface area contributed by atoms with Crippen LogP contribution in [0.25, 0.3) is 10.1 Å². The van der Waals surface area contributed by atoms with Gasteiger partial charge in [0.05, 0.1) is 16.7 Å². The second-order valence-corrected chi connectivity index (χ2v) is 8.71. The van der Waals surface area contributed by atoms with Gasteiger partial charge in [-0.2, -0.15) is 0 Å². The van der Waals surface area contributed by atoms with Crippen LogP contribution in [0.15, 0.2) is 71.7 Å². The zero-order valence-corrected chi connectivity index (χ0v) is 19.5. The van der Waals surface area contributed by atoms with Gasteiger partial charge in [-0.05, 0) is 48.4 Å². The van der Waals surface area contributed by atoms with Crippen LogP contribution in [0.3, 0.4) is 0 Å². The molecule has 1 heterocycles. The third kappa shape index (κ3) is 5.13. The first-order valence-corrected chi connectivity index (χ1v) is 11.5. The van der Waals surface area contributed by atoms with E-state index in [1.807, 2.05) is 54.6 Å². The minimum absolute atomic E-state index is 0.310. The van der Waals surface area contributed by atoms with E-state index in [4.69, 9.17) is 32.7 Å². The molecule has 0 spiro atoms. The van der Waals surface area contributed by atoms with E-state index in [2.05, 4.69) is 4.99 Å². The Balaban J connectivity index is 1.55. The van der Waals surface area contributed by atoms with E-state index in [0.29, 0.717) is 39.6 Å². The Morgan fingerprint density at radius 2 is 1.88 bits per heavy atom. The number of carbonyl (C=O) groups excluding carboxylic acids is 1. The molecule has 0 aliphatic carbocycles. The summed E-state index contributed by atoms with van der Waals surface area (Å²) in [6.45, 7) is 2.46. The molecular weight excluding hydrogens is 465 g/mol. The summed E-state index contributed by atoms with van der Waals surface area (Å²) >= 11 is 13.5. The Bertz CT molecular complexity index is 1300. The standard InChI is InChI=1S/C25H19Cl2NO3S/c1-2-30-25(29)23-19-8-3-4-9-22(19)32-24(23)28-14-16-6-5-7-18(12-16)31-15-17-10-11-20(26)21(27)13-17/h3-14H,2,15H2,1H3. The number of esters is 1. The van der Waals surface area contributed by atoms with Crippen LogP contribution in [0.4, 0.5) is 5.00 Å². The smallest absolute Gasteiger partial charge is 0.341 e. The number of halogens is 2. The van der Waals surface area contributed by atoms with Crippen molar-refractivity contribution in [2.75, 3.05) is 6.61 Å². The fourth-order valence-electron chi connectivity index (χ4n) is 3.14. The van der Waals surface area contributed by atoms with E-state index in [9.17, 15) is 4.79 Å². The van der Waals surface area contributed by atoms with Gasteiger partial charge in [0.2, 0.25) is 0 Å². The van der Waals surface area contributed by atoms with Gasteiger partial charge in [-0.3, -0.25) is 0 Å². The molecule has 32 heavy (non-hydrogen) atoms. The molecule has 4 nitrogen and oxygen atoms in total. The van der Waals surface area contributed by atoms with Gasteiger partial charge in [0.1, 0.15) is 22.9 Å². The first-order chi connectivity index (χ1) is 15.5. The number of ether oxygens (including phenoxy) is 2. The van der Waals surface area contributed by atoms with Crippen LogP contribution < -0.4 is 4.74 Å². The Kier molecular flexibility index (Phi) is 7.10. The Morgan fingerprint density at radius 1 is 1.03 bits per heavy atom. The molecule has 162 valence electrons. The first-order valence-electron chi connectivity index (χ1n) is 9.94. The number of benzene rings is 3. The minimum atomic E-state index is -0.365. The van der Waals surface area contributed by atoms with Crippen molar-refractivity contribution >= 4 is 61.8 Å². The highest BCUT2D eigenvalue weighted by Crippen LogP contribution is 2.38. The van der Waals surface area contributed by atoms with Crippen LogP contribution in [-0.4, -0.2) is 18.8 Å². The van der Waals surface area contributed by atoms with Crippen LogP contribution in [0.5, 0.6) is 5.75 Å². The molecule has 4 aromatic rings. The van der Waals surface area contributed by atoms with Crippen molar-refractivity contribution in [2.45, 2.75) is 13.5 Å². The molecule has 0 unspecified atom stereocenters. The highest BCUT2D eigenvalue weighted by Gasteiger charge is 2.19. The SMILES string of the molecule is CCOC(=O)c1c(N=Cc2cccc(OCc3ccc(Cl)c(Cl)c3)c2)sc2ccccc12. The number of nitrogens with zero attached hydrogens (tertiary/aromatic N) is 1. The highest BCUT2D eigenvalue weighted by molar-refractivity contribution is 7.23. The molecule has 0 fully saturated rings. The van der Waals surface area contributed by atoms with Crippen molar-refractivity contribution in [3.05, 3.63) is 93.5 Å². The monoisotopic (exact) mass is 483 g/mol. The highest BCUT2D eigenvalue weighted by atomic mass is 35.5. The molecule has 0 atom stereocenters. The number of aliphatic imine (C=N–C) groups is 1. The lowest BCUT2D eigenvalue weighted by Crippen LogP contribution is -2.03. The molecule has 0 radical (unpaired) electrons. The fourth-order valence-corrected chi connectivity index (χ4v) is 4.49. The quantitative estimate of drug-likeness (QED) is 0.199. The number of hydrogen-bond donors (Lipinski definition) is 0. The van der Waals surface area contributed by atoms with Crippen LogP contribution in [0, 0.1) is 0 Å². The van der Waals surface area contributed by atoms with Crippen molar-refractivity contribution in [3.63, 3.8) is 0 Å². The van der Waals surface area contributed by atoms with E-state index in [0.717, 1.165) is 21.2 Å². The Hall–Kier alpha value is -2.86. The Morgan fingerprint density at radius 3 is 2.69 bits per heavy atom. The molecule has 0 N–H and O–H groups in total. The van der Waals surface area contributed by atoms with Gasteiger partial charge in [-0.15, -0.1) is 11.3 Å². The van der Waals surface area contributed by atoms with Gasteiger partial charge in [0, 0.05) is 16.3 Å². The third-order valence-corrected chi connectivity index (χ3v) is 6.45. The van der Waals surface area contributed by atoms with Gasteiger partial charge in [-0.25, -0.2) is 9.79 Å². The minimum Gasteiger partial charge on any atom is -0.489 e. The maximum absolute atomic E-state index is 12.5. The summed E-state index contributed by atoms with van der Waals surface area (Å²) in [4.78, 5) is 17.1. The summed E-state index contributed by atoms with van der Waals surface area (Å²) in [5.74, 6) is 0.331. The zero-order chi connectivity index (χ0) is 22.5. The molecule has 1 aromatic heterocycles. The first kappa shape index (κ1) is 22.3. The Labute approximate surface area is 200 Å². The maximum Gasteiger partial charge on any atom is 0.341 e. The molecule has 0 aliphatic rings. The van der Waals surface area contributed by atoms with Crippen molar-refractivity contribution in [3.8, 4) is 5.75 Å². The lowest BCUT2D eigenvalue weighted by atomic mass is 10.1. The lowest BCUT2D eigenvalue weighted by Gasteiger charge is -2.08. The lowest BCUT2D eigenvalue weighted by molar-refractivity contribution is 0.0530. The normalized spacial score (nSPS) is 11.2. The molecule has 0 bridgehead atoms. The number of carbonyl (C=O) groups is 1. The van der Waals surface area contributed by atoms with Crippen molar-refractivity contribution in [2.24, 2.45) is 4.99 Å². The number of fused-ring (bicyclic) bond motifs is 1. The van der Waals surface area contributed by atoms with Gasteiger partial charge < -0.3 is 9.47 Å². The molecular formula is C25H19Cl2NO3S. The molecule has 7 heteroatoms. The van der Waals surface area contributed by atoms with Crippen LogP contribution in [0.2, 0.25) is 10.0 Å². The summed E-state index contributed by atoms with van der Waals surface area (Å²) in [6, 6.07) is 20.7. The summed E-state index contributed by atoms with van der Waals surface area (Å²) in [7, 11) is 0. The van der Waals surface area contributed by atoms with E-state index < -0.39 is 0 Å². The predicted octanol–water partition coefficient (Wildman–Crippen LogP) is 7.71. The largest absolute Gasteiger partial charge is 0.489 e. The second-order valence-electron chi connectivity index (χ2n) is 6.87. The van der Waals surface area contributed by atoms with Gasteiger partial charge in [0.25, 0.3) is 0 Å². The van der Waals surface area contributed by atoms with Crippen LogP contribution in [0.1, 0.15) is 28.4 Å². The predicted molar refractivity (Wildman–Crippen MR) is 132 cm³/mol. The molecule has 0 amide bonds.